The van der Waals surface area contributed by atoms with E-state index in [0.29, 0.717) is 0 Å². The van der Waals surface area contributed by atoms with E-state index >= 15 is 0 Å². The zero-order valence-electron chi connectivity index (χ0n) is 19.6. The van der Waals surface area contributed by atoms with Crippen LogP contribution in [-0.2, 0) is 0 Å². The summed E-state index contributed by atoms with van der Waals surface area (Å²) in [4.78, 5) is 0. The van der Waals surface area contributed by atoms with Gasteiger partial charge < -0.3 is 4.74 Å². The van der Waals surface area contributed by atoms with Gasteiger partial charge in [-0.1, -0.05) is 115 Å². The van der Waals surface area contributed by atoms with E-state index in [1.165, 1.54) is 27.8 Å². The molecule has 1 nitrogen and oxygen atoms in total. The van der Waals surface area contributed by atoms with E-state index in [1.807, 2.05) is 30.3 Å². The van der Waals surface area contributed by atoms with Gasteiger partial charge in [-0.3, -0.25) is 0 Å². The Kier molecular flexibility index (Phi) is 6.27. The summed E-state index contributed by atoms with van der Waals surface area (Å²) in [5.41, 5.74) is 8.48. The SMILES string of the molecule is CC(C)=C1C=C(c2ccccc2)C(Oc2ccccc2)=C(c2ccccc2)C1c1ccccc1. The summed E-state index contributed by atoms with van der Waals surface area (Å²) in [5, 5.41) is 0. The molecule has 4 aromatic carbocycles. The Morgan fingerprint density at radius 1 is 0.588 bits per heavy atom. The molecule has 0 N–H and O–H groups in total. The number of para-hydroxylation sites is 1. The fourth-order valence-corrected chi connectivity index (χ4v) is 4.62. The molecular formula is C33H28O. The quantitative estimate of drug-likeness (QED) is 0.301. The van der Waals surface area contributed by atoms with Crippen LogP contribution in [0.15, 0.2) is 144 Å². The van der Waals surface area contributed by atoms with Crippen LogP contribution in [0.5, 0.6) is 5.75 Å². The highest BCUT2D eigenvalue weighted by Gasteiger charge is 2.33. The van der Waals surface area contributed by atoms with E-state index in [-0.39, 0.29) is 5.92 Å². The van der Waals surface area contributed by atoms with Crippen LogP contribution in [-0.4, -0.2) is 0 Å². The van der Waals surface area contributed by atoms with Gasteiger partial charge >= 0.3 is 0 Å². The lowest BCUT2D eigenvalue weighted by molar-refractivity contribution is 0.448. The molecule has 166 valence electrons. The molecule has 0 radical (unpaired) electrons. The van der Waals surface area contributed by atoms with E-state index in [9.17, 15) is 0 Å². The fourth-order valence-electron chi connectivity index (χ4n) is 4.62. The van der Waals surface area contributed by atoms with Gasteiger partial charge in [-0.2, -0.15) is 0 Å². The molecule has 0 amide bonds. The average Bonchev–Trinajstić information content (AvgIpc) is 2.90. The normalized spacial score (nSPS) is 15.6. The van der Waals surface area contributed by atoms with Gasteiger partial charge in [0, 0.05) is 17.1 Å². The van der Waals surface area contributed by atoms with Crippen LogP contribution in [0.25, 0.3) is 11.1 Å². The van der Waals surface area contributed by atoms with Crippen LogP contribution < -0.4 is 4.74 Å². The minimum absolute atomic E-state index is 0.0692. The summed E-state index contributed by atoms with van der Waals surface area (Å²) in [7, 11) is 0. The highest BCUT2D eigenvalue weighted by molar-refractivity contribution is 5.95. The predicted octanol–water partition coefficient (Wildman–Crippen LogP) is 8.69. The van der Waals surface area contributed by atoms with Crippen molar-refractivity contribution in [2.45, 2.75) is 19.8 Å². The molecule has 0 bridgehead atoms. The topological polar surface area (TPSA) is 9.23 Å². The number of hydrogen-bond acceptors (Lipinski definition) is 1. The maximum absolute atomic E-state index is 6.76. The molecule has 1 unspecified atom stereocenters. The number of ether oxygens (including phenoxy) is 1. The maximum atomic E-state index is 6.76. The lowest BCUT2D eigenvalue weighted by Gasteiger charge is -2.32. The van der Waals surface area contributed by atoms with Gasteiger partial charge in [0.05, 0.1) is 0 Å². The first-order chi connectivity index (χ1) is 16.7. The molecular weight excluding hydrogens is 412 g/mol. The van der Waals surface area contributed by atoms with Crippen molar-refractivity contribution in [2.24, 2.45) is 0 Å². The first kappa shape index (κ1) is 21.7. The summed E-state index contributed by atoms with van der Waals surface area (Å²) in [6.07, 6.45) is 2.33. The van der Waals surface area contributed by atoms with E-state index in [0.717, 1.165) is 22.6 Å². The molecule has 0 heterocycles. The van der Waals surface area contributed by atoms with Gasteiger partial charge in [0.2, 0.25) is 0 Å². The predicted molar refractivity (Wildman–Crippen MR) is 142 cm³/mol. The van der Waals surface area contributed by atoms with Crippen LogP contribution in [0.1, 0.15) is 36.5 Å². The van der Waals surface area contributed by atoms with Crippen molar-refractivity contribution in [3.63, 3.8) is 0 Å². The second-order valence-electron chi connectivity index (χ2n) is 8.75. The number of rotatable bonds is 5. The smallest absolute Gasteiger partial charge is 0.140 e. The third-order valence-corrected chi connectivity index (χ3v) is 6.23. The van der Waals surface area contributed by atoms with Crippen molar-refractivity contribution < 1.29 is 4.74 Å². The van der Waals surface area contributed by atoms with E-state index in [4.69, 9.17) is 4.74 Å². The highest BCUT2D eigenvalue weighted by atomic mass is 16.5. The summed E-state index contributed by atoms with van der Waals surface area (Å²) >= 11 is 0. The molecule has 4 aromatic rings. The van der Waals surface area contributed by atoms with Crippen LogP contribution >= 0.6 is 0 Å². The van der Waals surface area contributed by atoms with Gasteiger partial charge in [0.15, 0.2) is 0 Å². The standard InChI is InChI=1S/C33H28O/c1-24(2)29-23-30(25-15-7-3-8-16-25)33(34-28-21-13-6-14-22-28)32(27-19-11-5-12-20-27)31(29)26-17-9-4-10-18-26/h3-23,31H,1-2H3. The van der Waals surface area contributed by atoms with Crippen molar-refractivity contribution in [1.29, 1.82) is 0 Å². The summed E-state index contributed by atoms with van der Waals surface area (Å²) < 4.78 is 6.76. The minimum atomic E-state index is 0.0692. The van der Waals surface area contributed by atoms with Crippen molar-refractivity contribution >= 4 is 11.1 Å². The molecule has 0 saturated carbocycles. The van der Waals surface area contributed by atoms with E-state index in [1.54, 1.807) is 0 Å². The lowest BCUT2D eigenvalue weighted by atomic mass is 9.73. The Labute approximate surface area is 202 Å². The van der Waals surface area contributed by atoms with Crippen molar-refractivity contribution in [3.05, 3.63) is 161 Å². The Bertz CT molecular complexity index is 1340. The Balaban J connectivity index is 1.84. The monoisotopic (exact) mass is 440 g/mol. The molecule has 0 aliphatic heterocycles. The zero-order valence-corrected chi connectivity index (χ0v) is 19.6. The van der Waals surface area contributed by atoms with Crippen LogP contribution in [0.2, 0.25) is 0 Å². The van der Waals surface area contributed by atoms with Gasteiger partial charge in [-0.25, -0.2) is 0 Å². The van der Waals surface area contributed by atoms with Crippen LogP contribution in [0.4, 0.5) is 0 Å². The Morgan fingerprint density at radius 3 is 1.65 bits per heavy atom. The first-order valence-electron chi connectivity index (χ1n) is 11.7. The molecule has 0 saturated heterocycles. The van der Waals surface area contributed by atoms with Crippen molar-refractivity contribution in [2.75, 3.05) is 0 Å². The molecule has 1 aliphatic carbocycles. The number of hydrogen-bond donors (Lipinski definition) is 0. The van der Waals surface area contributed by atoms with Gasteiger partial charge in [0.25, 0.3) is 0 Å². The summed E-state index contributed by atoms with van der Waals surface area (Å²) in [5.74, 6) is 1.81. The third kappa shape index (κ3) is 4.38. The zero-order chi connectivity index (χ0) is 23.3. The van der Waals surface area contributed by atoms with Crippen LogP contribution in [0.3, 0.4) is 0 Å². The van der Waals surface area contributed by atoms with Crippen molar-refractivity contribution in [3.8, 4) is 5.75 Å². The van der Waals surface area contributed by atoms with E-state index in [2.05, 4.69) is 111 Å². The first-order valence-corrected chi connectivity index (χ1v) is 11.7. The second-order valence-corrected chi connectivity index (χ2v) is 8.75. The van der Waals surface area contributed by atoms with Crippen molar-refractivity contribution in [1.82, 2.24) is 0 Å². The Hall–Kier alpha value is -4.10. The average molecular weight is 441 g/mol. The third-order valence-electron chi connectivity index (χ3n) is 6.23. The van der Waals surface area contributed by atoms with E-state index < -0.39 is 0 Å². The molecule has 1 aliphatic rings. The Morgan fingerprint density at radius 2 is 1.09 bits per heavy atom. The number of benzene rings is 4. The van der Waals surface area contributed by atoms with Gasteiger partial charge in [-0.15, -0.1) is 0 Å². The molecule has 0 aromatic heterocycles. The molecule has 0 fully saturated rings. The lowest BCUT2D eigenvalue weighted by Crippen LogP contribution is -2.17. The largest absolute Gasteiger partial charge is 0.456 e. The second kappa shape index (κ2) is 9.80. The molecule has 0 spiro atoms. The number of allylic oxidation sites excluding steroid dienone is 5. The summed E-state index contributed by atoms with van der Waals surface area (Å²) in [6, 6.07) is 42.1. The van der Waals surface area contributed by atoms with Gasteiger partial charge in [-0.05, 0) is 54.3 Å². The molecule has 1 atom stereocenters. The fraction of sp³-hybridized carbons (Fsp3) is 0.0909. The minimum Gasteiger partial charge on any atom is -0.456 e. The summed E-state index contributed by atoms with van der Waals surface area (Å²) in [6.45, 7) is 4.41. The highest BCUT2D eigenvalue weighted by Crippen LogP contribution is 2.49. The van der Waals surface area contributed by atoms with Crippen LogP contribution in [0, 0.1) is 0 Å². The maximum Gasteiger partial charge on any atom is 0.140 e. The molecule has 34 heavy (non-hydrogen) atoms. The molecule has 1 heteroatoms. The van der Waals surface area contributed by atoms with Gasteiger partial charge in [0.1, 0.15) is 11.5 Å². The molecule has 5 rings (SSSR count).